The van der Waals surface area contributed by atoms with E-state index in [-0.39, 0.29) is 17.9 Å². The summed E-state index contributed by atoms with van der Waals surface area (Å²) in [6.45, 7) is 7.23. The molecule has 1 saturated heterocycles. The summed E-state index contributed by atoms with van der Waals surface area (Å²) in [5, 5.41) is 0. The van der Waals surface area contributed by atoms with Crippen molar-refractivity contribution in [2.45, 2.75) is 40.2 Å². The van der Waals surface area contributed by atoms with Gasteiger partial charge < -0.3 is 14.2 Å². The summed E-state index contributed by atoms with van der Waals surface area (Å²) in [4.78, 5) is 34.2. The molecule has 0 saturated carbocycles. The van der Waals surface area contributed by atoms with Crippen LogP contribution in [0.2, 0.25) is 0 Å². The molecule has 6 nitrogen and oxygen atoms in total. The van der Waals surface area contributed by atoms with Crippen LogP contribution in [0.5, 0.6) is 0 Å². The molecule has 0 bridgehead atoms. The molecule has 2 atom stereocenters. The lowest BCUT2D eigenvalue weighted by molar-refractivity contribution is -0.169. The fourth-order valence-corrected chi connectivity index (χ4v) is 1.39. The van der Waals surface area contributed by atoms with Crippen LogP contribution >= 0.6 is 0 Å². The number of hydrogen-bond acceptors (Lipinski definition) is 6. The van der Waals surface area contributed by atoms with Crippen molar-refractivity contribution >= 4 is 17.9 Å². The maximum absolute atomic E-state index is 11.7. The van der Waals surface area contributed by atoms with Gasteiger partial charge in [0.25, 0.3) is 0 Å². The summed E-state index contributed by atoms with van der Waals surface area (Å²) >= 11 is 0. The van der Waals surface area contributed by atoms with Gasteiger partial charge in [-0.2, -0.15) is 0 Å². The lowest BCUT2D eigenvalue weighted by atomic mass is 9.82. The first kappa shape index (κ1) is 15.5. The average Bonchev–Trinajstić information content (AvgIpc) is 2.70. The van der Waals surface area contributed by atoms with Crippen molar-refractivity contribution in [1.82, 2.24) is 0 Å². The maximum atomic E-state index is 11.7. The molecule has 1 aliphatic heterocycles. The van der Waals surface area contributed by atoms with Crippen molar-refractivity contribution in [1.29, 1.82) is 0 Å². The van der Waals surface area contributed by atoms with E-state index in [2.05, 4.69) is 4.74 Å². The van der Waals surface area contributed by atoms with E-state index >= 15 is 0 Å². The minimum absolute atomic E-state index is 0.240. The Morgan fingerprint density at radius 2 is 2.05 bits per heavy atom. The average molecular weight is 272 g/mol. The van der Waals surface area contributed by atoms with Crippen LogP contribution in [0.3, 0.4) is 0 Å². The molecule has 0 aromatic carbocycles. The molecule has 0 spiro atoms. The van der Waals surface area contributed by atoms with E-state index < -0.39 is 30.6 Å². The predicted molar refractivity (Wildman–Crippen MR) is 65.0 cm³/mol. The Bertz CT molecular complexity index is 368. The van der Waals surface area contributed by atoms with E-state index in [9.17, 15) is 14.4 Å². The molecule has 1 aliphatic rings. The van der Waals surface area contributed by atoms with E-state index in [1.165, 1.54) is 0 Å². The summed E-state index contributed by atoms with van der Waals surface area (Å²) in [6, 6.07) is 0. The summed E-state index contributed by atoms with van der Waals surface area (Å²) in [5.41, 5.74) is -0.240. The van der Waals surface area contributed by atoms with Gasteiger partial charge in [-0.05, 0) is 5.41 Å². The second kappa shape index (κ2) is 6.04. The molecular formula is C13H20O6. The van der Waals surface area contributed by atoms with Crippen LogP contribution in [0, 0.1) is 11.3 Å². The van der Waals surface area contributed by atoms with Gasteiger partial charge in [0.1, 0.15) is 0 Å². The summed E-state index contributed by atoms with van der Waals surface area (Å²) in [6.07, 6.45) is -0.525. The monoisotopic (exact) mass is 272 g/mol. The first-order chi connectivity index (χ1) is 8.71. The maximum Gasteiger partial charge on any atom is 0.347 e. The number of esters is 3. The quantitative estimate of drug-likeness (QED) is 0.562. The molecule has 1 fully saturated rings. The number of ether oxygens (including phenoxy) is 3. The Hall–Kier alpha value is -1.59. The van der Waals surface area contributed by atoms with Crippen molar-refractivity contribution in [2.24, 2.45) is 11.3 Å². The van der Waals surface area contributed by atoms with E-state index in [1.54, 1.807) is 6.92 Å². The lowest BCUT2D eigenvalue weighted by Crippen LogP contribution is -2.31. The third-order valence-electron chi connectivity index (χ3n) is 3.15. The highest BCUT2D eigenvalue weighted by Gasteiger charge is 2.32. The second-order valence-corrected chi connectivity index (χ2v) is 5.63. The van der Waals surface area contributed by atoms with Crippen LogP contribution in [0.4, 0.5) is 0 Å². The van der Waals surface area contributed by atoms with Crippen molar-refractivity contribution < 1.29 is 28.6 Å². The molecule has 1 heterocycles. The zero-order valence-electron chi connectivity index (χ0n) is 11.7. The van der Waals surface area contributed by atoms with Gasteiger partial charge in [-0.25, -0.2) is 9.59 Å². The second-order valence-electron chi connectivity index (χ2n) is 5.63. The summed E-state index contributed by atoms with van der Waals surface area (Å²) in [7, 11) is 0. The normalized spacial score (nSPS) is 20.6. The molecular weight excluding hydrogens is 252 g/mol. The molecule has 108 valence electrons. The van der Waals surface area contributed by atoms with Crippen LogP contribution in [0.15, 0.2) is 0 Å². The predicted octanol–water partition coefficient (Wildman–Crippen LogP) is 1.07. The van der Waals surface area contributed by atoms with Crippen molar-refractivity contribution in [3.8, 4) is 0 Å². The zero-order valence-corrected chi connectivity index (χ0v) is 11.7. The first-order valence-corrected chi connectivity index (χ1v) is 6.24. The van der Waals surface area contributed by atoms with Gasteiger partial charge in [-0.3, -0.25) is 4.79 Å². The fourth-order valence-electron chi connectivity index (χ4n) is 1.39. The van der Waals surface area contributed by atoms with Crippen LogP contribution in [0.25, 0.3) is 0 Å². The molecule has 0 radical (unpaired) electrons. The highest BCUT2D eigenvalue weighted by atomic mass is 16.6. The minimum Gasteiger partial charge on any atom is -0.463 e. The molecule has 0 aromatic heterocycles. The van der Waals surface area contributed by atoms with Gasteiger partial charge in [-0.1, -0.05) is 27.7 Å². The van der Waals surface area contributed by atoms with Crippen molar-refractivity contribution in [3.05, 3.63) is 0 Å². The van der Waals surface area contributed by atoms with Gasteiger partial charge in [0.2, 0.25) is 6.10 Å². The molecule has 0 N–H and O–H groups in total. The molecule has 1 rings (SSSR count). The third kappa shape index (κ3) is 4.54. The van der Waals surface area contributed by atoms with Gasteiger partial charge >= 0.3 is 17.9 Å². The molecule has 6 heteroatoms. The van der Waals surface area contributed by atoms with Crippen LogP contribution < -0.4 is 0 Å². The SMILES string of the molecule is CC(C(=O)OCC(=O)OC1CCOC1=O)C(C)(C)C. The highest BCUT2D eigenvalue weighted by molar-refractivity contribution is 5.82. The fraction of sp³-hybridized carbons (Fsp3) is 0.769. The molecule has 0 aliphatic carbocycles. The van der Waals surface area contributed by atoms with Crippen LogP contribution in [-0.4, -0.2) is 37.2 Å². The molecule has 2 unspecified atom stereocenters. The third-order valence-corrected chi connectivity index (χ3v) is 3.15. The zero-order chi connectivity index (χ0) is 14.6. The standard InChI is InChI=1S/C13H20O6/c1-8(13(2,3)4)11(15)18-7-10(14)19-9-5-6-17-12(9)16/h8-9H,5-7H2,1-4H3. The lowest BCUT2D eigenvalue weighted by Gasteiger charge is -2.25. The Labute approximate surface area is 112 Å². The Balaban J connectivity index is 2.34. The van der Waals surface area contributed by atoms with Gasteiger partial charge in [0, 0.05) is 6.42 Å². The Kier molecular flexibility index (Phi) is 4.91. The highest BCUT2D eigenvalue weighted by Crippen LogP contribution is 2.26. The van der Waals surface area contributed by atoms with E-state index in [0.717, 1.165) is 0 Å². The van der Waals surface area contributed by atoms with E-state index in [0.29, 0.717) is 6.42 Å². The van der Waals surface area contributed by atoms with E-state index in [4.69, 9.17) is 9.47 Å². The number of rotatable bonds is 4. The largest absolute Gasteiger partial charge is 0.463 e. The van der Waals surface area contributed by atoms with Crippen molar-refractivity contribution in [2.75, 3.05) is 13.2 Å². The first-order valence-electron chi connectivity index (χ1n) is 6.24. The van der Waals surface area contributed by atoms with Gasteiger partial charge in [0.05, 0.1) is 12.5 Å². The van der Waals surface area contributed by atoms with E-state index in [1.807, 2.05) is 20.8 Å². The summed E-state index contributed by atoms with van der Waals surface area (Å²) < 4.78 is 14.4. The topological polar surface area (TPSA) is 78.9 Å². The summed E-state index contributed by atoms with van der Waals surface area (Å²) in [5.74, 6) is -2.09. The minimum atomic E-state index is -0.869. The number of carbonyl (C=O) groups excluding carboxylic acids is 3. The number of cyclic esters (lactones) is 1. The van der Waals surface area contributed by atoms with Crippen LogP contribution in [0.1, 0.15) is 34.1 Å². The number of hydrogen-bond donors (Lipinski definition) is 0. The molecule has 0 amide bonds. The van der Waals surface area contributed by atoms with Crippen LogP contribution in [-0.2, 0) is 28.6 Å². The Morgan fingerprint density at radius 3 is 2.53 bits per heavy atom. The van der Waals surface area contributed by atoms with Crippen molar-refractivity contribution in [3.63, 3.8) is 0 Å². The van der Waals surface area contributed by atoms with Gasteiger partial charge in [0.15, 0.2) is 6.61 Å². The van der Waals surface area contributed by atoms with Gasteiger partial charge in [-0.15, -0.1) is 0 Å². The molecule has 19 heavy (non-hydrogen) atoms. The Morgan fingerprint density at radius 1 is 1.42 bits per heavy atom. The molecule has 0 aromatic rings. The number of carbonyl (C=O) groups is 3. The smallest absolute Gasteiger partial charge is 0.347 e.